The van der Waals surface area contributed by atoms with E-state index in [0.29, 0.717) is 51.1 Å². The molecule has 0 aliphatic carbocycles. The Hall–Kier alpha value is -5.77. The molecule has 0 saturated carbocycles. The maximum Gasteiger partial charge on any atom is 0.352 e. The Labute approximate surface area is 285 Å². The first-order chi connectivity index (χ1) is 23.5. The van der Waals surface area contributed by atoms with Crippen molar-refractivity contribution in [3.05, 3.63) is 76.6 Å². The predicted molar refractivity (Wildman–Crippen MR) is 175 cm³/mol. The minimum absolute atomic E-state index is 0.0173. The molecule has 1 aromatic heterocycles. The predicted octanol–water partition coefficient (Wildman–Crippen LogP) is 1.28. The number of anilines is 2. The maximum atomic E-state index is 13.0. The van der Waals surface area contributed by atoms with Crippen molar-refractivity contribution in [1.29, 1.82) is 0 Å². The van der Waals surface area contributed by atoms with Gasteiger partial charge in [0.25, 0.3) is 5.91 Å². The molecule has 2 aliphatic heterocycles. The van der Waals surface area contributed by atoms with Crippen molar-refractivity contribution in [2.45, 2.75) is 31.2 Å². The van der Waals surface area contributed by atoms with E-state index in [9.17, 15) is 24.0 Å². The number of hydrogen-bond donors (Lipinski definition) is 4. The molecule has 0 radical (unpaired) electrons. The number of nitrogen functional groups attached to an aromatic ring is 2. The van der Waals surface area contributed by atoms with Crippen LogP contribution in [0.25, 0.3) is 0 Å². The number of halogens is 1. The van der Waals surface area contributed by atoms with Crippen molar-refractivity contribution in [3.8, 4) is 5.75 Å². The number of piperidine rings is 1. The van der Waals surface area contributed by atoms with Gasteiger partial charge in [-0.3, -0.25) is 19.9 Å². The largest absolute Gasteiger partial charge is 0.482 e. The number of aromatic nitrogens is 2. The first-order valence-electron chi connectivity index (χ1n) is 15.2. The van der Waals surface area contributed by atoms with E-state index in [1.54, 1.807) is 42.5 Å². The molecular formula is C32H33ClN8O8. The van der Waals surface area contributed by atoms with Crippen LogP contribution in [-0.2, 0) is 30.3 Å². The Morgan fingerprint density at radius 2 is 1.63 bits per heavy atom. The van der Waals surface area contributed by atoms with Crippen molar-refractivity contribution < 1.29 is 38.2 Å². The van der Waals surface area contributed by atoms with Crippen molar-refractivity contribution in [1.82, 2.24) is 25.5 Å². The second-order valence-electron chi connectivity index (χ2n) is 11.3. The first kappa shape index (κ1) is 34.6. The number of nitrogens with one attached hydrogen (secondary N) is 2. The molecule has 6 N–H and O–H groups in total. The molecule has 3 heterocycles. The number of aryl methyl sites for hydroxylation is 1. The summed E-state index contributed by atoms with van der Waals surface area (Å²) in [7, 11) is 0. The molecule has 1 fully saturated rings. The van der Waals surface area contributed by atoms with Gasteiger partial charge in [-0.1, -0.05) is 41.9 Å². The van der Waals surface area contributed by atoms with Crippen LogP contribution in [0, 0.1) is 0 Å². The number of likely N-dealkylation sites (tertiary alicyclic amines) is 1. The number of rotatable bonds is 10. The Balaban J connectivity index is 0.977. The quantitative estimate of drug-likeness (QED) is 0.174. The first-order valence-corrected chi connectivity index (χ1v) is 15.6. The Morgan fingerprint density at radius 3 is 2.35 bits per heavy atom. The van der Waals surface area contributed by atoms with Crippen molar-refractivity contribution in [2.75, 3.05) is 44.3 Å². The summed E-state index contributed by atoms with van der Waals surface area (Å²) in [4.78, 5) is 75.2. The average molecular weight is 693 g/mol. The van der Waals surface area contributed by atoms with Gasteiger partial charge in [-0.05, 0) is 49.1 Å². The van der Waals surface area contributed by atoms with Gasteiger partial charge >= 0.3 is 17.9 Å². The average Bonchev–Trinajstić information content (AvgIpc) is 3.48. The molecule has 2 aliphatic rings. The summed E-state index contributed by atoms with van der Waals surface area (Å²) in [5, 5.41) is 5.79. The number of ether oxygens (including phenoxy) is 3. The van der Waals surface area contributed by atoms with Crippen LogP contribution in [0.2, 0.25) is 5.15 Å². The van der Waals surface area contributed by atoms with E-state index in [0.717, 1.165) is 5.56 Å². The number of hydrogen-bond acceptors (Lipinski definition) is 14. The molecule has 49 heavy (non-hydrogen) atoms. The highest BCUT2D eigenvalue weighted by molar-refractivity contribution is 6.31. The topological polar surface area (TPSA) is 231 Å². The highest BCUT2D eigenvalue weighted by Crippen LogP contribution is 2.27. The molecule has 1 saturated heterocycles. The molecule has 2 amide bonds. The summed E-state index contributed by atoms with van der Waals surface area (Å²) in [6.07, 6.45) is 2.09. The fourth-order valence-corrected chi connectivity index (χ4v) is 5.25. The van der Waals surface area contributed by atoms with Gasteiger partial charge in [-0.25, -0.2) is 24.4 Å². The SMILES string of the molecule is Nc1nc(N)c(C(=O)NC2=NCC3(CCN(C(=O)CCc4ccc(OCC(=O)OCC(=O)OC(=O)c5ccccc5)cc4)CC3)N2)nc1Cl. The number of nitrogens with two attached hydrogens (primary N) is 2. The number of carbonyl (C=O) groups is 5. The van der Waals surface area contributed by atoms with Crippen LogP contribution in [0.1, 0.15) is 45.7 Å². The van der Waals surface area contributed by atoms with Crippen LogP contribution >= 0.6 is 11.6 Å². The van der Waals surface area contributed by atoms with Crippen LogP contribution < -0.4 is 26.8 Å². The summed E-state index contributed by atoms with van der Waals surface area (Å²) in [6, 6.07) is 14.8. The monoisotopic (exact) mass is 692 g/mol. The lowest BCUT2D eigenvalue weighted by atomic mass is 9.88. The second kappa shape index (κ2) is 15.4. The normalized spacial score (nSPS) is 14.7. The molecule has 5 rings (SSSR count). The lowest BCUT2D eigenvalue weighted by Gasteiger charge is -2.39. The third-order valence-corrected chi connectivity index (χ3v) is 8.10. The lowest BCUT2D eigenvalue weighted by molar-refractivity contribution is -0.156. The molecular weight excluding hydrogens is 660 g/mol. The van der Waals surface area contributed by atoms with Crippen LogP contribution in [0.15, 0.2) is 59.6 Å². The second-order valence-corrected chi connectivity index (χ2v) is 11.6. The summed E-state index contributed by atoms with van der Waals surface area (Å²) in [5.41, 5.74) is 11.9. The van der Waals surface area contributed by atoms with E-state index < -0.39 is 37.0 Å². The molecule has 0 unspecified atom stereocenters. The maximum absolute atomic E-state index is 13.0. The number of benzene rings is 2. The zero-order valence-corrected chi connectivity index (χ0v) is 26.9. The van der Waals surface area contributed by atoms with Gasteiger partial charge in [0.2, 0.25) is 5.91 Å². The van der Waals surface area contributed by atoms with Crippen molar-refractivity contribution in [3.63, 3.8) is 0 Å². The number of aliphatic imine (C=N–C) groups is 1. The minimum atomic E-state index is -1.01. The van der Waals surface area contributed by atoms with Gasteiger partial charge in [0.1, 0.15) is 5.75 Å². The third-order valence-electron chi connectivity index (χ3n) is 7.82. The minimum Gasteiger partial charge on any atom is -0.482 e. The molecule has 256 valence electrons. The van der Waals surface area contributed by atoms with E-state index in [2.05, 4.69) is 30.3 Å². The number of nitrogens with zero attached hydrogens (tertiary/aromatic N) is 4. The van der Waals surface area contributed by atoms with Gasteiger partial charge < -0.3 is 35.9 Å². The van der Waals surface area contributed by atoms with Gasteiger partial charge in [0.05, 0.1) is 17.6 Å². The molecule has 2 aromatic carbocycles. The Morgan fingerprint density at radius 1 is 0.918 bits per heavy atom. The molecule has 17 heteroatoms. The molecule has 16 nitrogen and oxygen atoms in total. The van der Waals surface area contributed by atoms with Crippen molar-refractivity contribution >= 4 is 58.9 Å². The van der Waals surface area contributed by atoms with E-state index in [1.165, 1.54) is 12.1 Å². The number of guanidine groups is 1. The van der Waals surface area contributed by atoms with Crippen LogP contribution in [0.4, 0.5) is 11.6 Å². The van der Waals surface area contributed by atoms with E-state index >= 15 is 0 Å². The molecule has 3 aromatic rings. The van der Waals surface area contributed by atoms with E-state index in [4.69, 9.17) is 32.5 Å². The van der Waals surface area contributed by atoms with Crippen LogP contribution in [-0.4, -0.2) is 88.9 Å². The third kappa shape index (κ3) is 9.19. The van der Waals surface area contributed by atoms with Crippen LogP contribution in [0.3, 0.4) is 0 Å². The Bertz CT molecular complexity index is 1760. The summed E-state index contributed by atoms with van der Waals surface area (Å²) >= 11 is 5.88. The molecule has 0 bridgehead atoms. The fourth-order valence-electron chi connectivity index (χ4n) is 5.13. The lowest BCUT2D eigenvalue weighted by Crippen LogP contribution is -2.57. The zero-order valence-electron chi connectivity index (χ0n) is 26.1. The molecule has 1 spiro atoms. The standard InChI is InChI=1S/C32H33ClN8O8/c33-26-28(35)38-27(34)25(37-26)29(45)39-31-36-18-32(40-31)12-14-41(15-13-32)22(42)11-8-19-6-9-21(10-7-19)47-16-23(43)48-17-24(44)49-30(46)20-4-2-1-3-5-20/h1-7,9-10H,8,11-18H2,(H4,34,35,38)(H2,36,39,40,45). The molecule has 0 atom stereocenters. The van der Waals surface area contributed by atoms with Gasteiger partial charge in [0.15, 0.2) is 41.7 Å². The van der Waals surface area contributed by atoms with Gasteiger partial charge in [0, 0.05) is 19.5 Å². The van der Waals surface area contributed by atoms with Crippen LogP contribution in [0.5, 0.6) is 5.75 Å². The van der Waals surface area contributed by atoms with E-state index in [-0.39, 0.29) is 45.5 Å². The summed E-state index contributed by atoms with van der Waals surface area (Å²) < 4.78 is 14.9. The number of esters is 3. The van der Waals surface area contributed by atoms with Gasteiger partial charge in [-0.2, -0.15) is 0 Å². The highest BCUT2D eigenvalue weighted by atomic mass is 35.5. The fraction of sp³-hybridized carbons (Fsp3) is 0.312. The smallest absolute Gasteiger partial charge is 0.352 e. The number of amides is 2. The summed E-state index contributed by atoms with van der Waals surface area (Å²) in [5.74, 6) is -2.83. The van der Waals surface area contributed by atoms with Crippen molar-refractivity contribution in [2.24, 2.45) is 4.99 Å². The van der Waals surface area contributed by atoms with E-state index in [1.807, 2.05) is 4.90 Å². The van der Waals surface area contributed by atoms with Gasteiger partial charge in [-0.15, -0.1) is 0 Å². The Kier molecular flexibility index (Phi) is 10.9. The number of carbonyl (C=O) groups excluding carboxylic acids is 5. The zero-order chi connectivity index (χ0) is 35.0. The summed E-state index contributed by atoms with van der Waals surface area (Å²) in [6.45, 7) is 0.297. The highest BCUT2D eigenvalue weighted by Gasteiger charge is 2.40.